The second kappa shape index (κ2) is 5.16. The minimum atomic E-state index is -0.621. The molecule has 0 unspecified atom stereocenters. The molecule has 3 aromatic heterocycles. The molecular formula is C13H8FIN4O. The van der Waals surface area contributed by atoms with Gasteiger partial charge in [0.05, 0.1) is 11.8 Å². The smallest absolute Gasteiger partial charge is 0.258 e. The van der Waals surface area contributed by atoms with E-state index in [1.807, 2.05) is 22.7 Å². The van der Waals surface area contributed by atoms with Gasteiger partial charge in [-0.25, -0.2) is 9.97 Å². The summed E-state index contributed by atoms with van der Waals surface area (Å²) in [6.07, 6.45) is 4.80. The van der Waals surface area contributed by atoms with Gasteiger partial charge < -0.3 is 9.72 Å². The number of rotatable bonds is 2. The number of aromatic nitrogens is 3. The van der Waals surface area contributed by atoms with Gasteiger partial charge >= 0.3 is 0 Å². The number of imidazole rings is 1. The van der Waals surface area contributed by atoms with Crippen LogP contribution in [0.4, 0.5) is 10.2 Å². The Morgan fingerprint density at radius 2 is 2.10 bits per heavy atom. The highest BCUT2D eigenvalue weighted by atomic mass is 127. The summed E-state index contributed by atoms with van der Waals surface area (Å²) in [6.45, 7) is 0. The van der Waals surface area contributed by atoms with Crippen LogP contribution in [0.15, 0.2) is 42.9 Å². The predicted octanol–water partition coefficient (Wildman–Crippen LogP) is 2.73. The van der Waals surface area contributed by atoms with Crippen molar-refractivity contribution in [1.29, 1.82) is 0 Å². The van der Waals surface area contributed by atoms with Gasteiger partial charge in [-0.1, -0.05) is 0 Å². The number of anilines is 1. The van der Waals surface area contributed by atoms with E-state index < -0.39 is 5.95 Å². The molecule has 3 heterocycles. The van der Waals surface area contributed by atoms with Gasteiger partial charge in [-0.3, -0.25) is 4.79 Å². The number of halogens is 2. The summed E-state index contributed by atoms with van der Waals surface area (Å²) in [5.74, 6) is -0.569. The molecule has 0 spiro atoms. The van der Waals surface area contributed by atoms with Gasteiger partial charge in [0.15, 0.2) is 5.82 Å². The number of hydrogen-bond donors (Lipinski definition) is 1. The van der Waals surface area contributed by atoms with E-state index in [2.05, 4.69) is 37.9 Å². The van der Waals surface area contributed by atoms with E-state index in [-0.39, 0.29) is 11.5 Å². The highest BCUT2D eigenvalue weighted by Crippen LogP contribution is 2.13. The molecule has 0 saturated heterocycles. The number of fused-ring (bicyclic) bond motifs is 1. The third kappa shape index (κ3) is 2.62. The van der Waals surface area contributed by atoms with Gasteiger partial charge in [-0.2, -0.15) is 4.39 Å². The molecule has 20 heavy (non-hydrogen) atoms. The van der Waals surface area contributed by atoms with Gasteiger partial charge in [0, 0.05) is 16.0 Å². The van der Waals surface area contributed by atoms with Crippen molar-refractivity contribution in [1.82, 2.24) is 14.4 Å². The number of carbonyl (C=O) groups excluding carboxylic acids is 1. The molecule has 100 valence electrons. The van der Waals surface area contributed by atoms with Crippen molar-refractivity contribution in [3.8, 4) is 0 Å². The molecule has 0 aliphatic heterocycles. The van der Waals surface area contributed by atoms with Crippen LogP contribution >= 0.6 is 22.6 Å². The van der Waals surface area contributed by atoms with Gasteiger partial charge in [-0.05, 0) is 46.9 Å². The minimum Gasteiger partial charge on any atom is -0.305 e. The van der Waals surface area contributed by atoms with E-state index in [0.29, 0.717) is 5.82 Å². The van der Waals surface area contributed by atoms with Gasteiger partial charge in [-0.15, -0.1) is 0 Å². The van der Waals surface area contributed by atoms with Gasteiger partial charge in [0.2, 0.25) is 5.95 Å². The zero-order valence-electron chi connectivity index (χ0n) is 10.0. The molecule has 0 aliphatic carbocycles. The lowest BCUT2D eigenvalue weighted by molar-refractivity contribution is 0.102. The highest BCUT2D eigenvalue weighted by Gasteiger charge is 2.09. The number of nitrogens with zero attached hydrogens (tertiary/aromatic N) is 3. The first-order chi connectivity index (χ1) is 9.61. The Morgan fingerprint density at radius 1 is 1.25 bits per heavy atom. The lowest BCUT2D eigenvalue weighted by Crippen LogP contribution is -2.12. The third-order valence-corrected chi connectivity index (χ3v) is 3.28. The van der Waals surface area contributed by atoms with Crippen LogP contribution in [0.2, 0.25) is 0 Å². The Morgan fingerprint density at radius 3 is 2.85 bits per heavy atom. The fourth-order valence-electron chi connectivity index (χ4n) is 1.72. The van der Waals surface area contributed by atoms with Crippen LogP contribution < -0.4 is 5.32 Å². The zero-order chi connectivity index (χ0) is 14.1. The van der Waals surface area contributed by atoms with E-state index in [4.69, 9.17) is 0 Å². The third-order valence-electron chi connectivity index (χ3n) is 2.65. The molecule has 7 heteroatoms. The largest absolute Gasteiger partial charge is 0.305 e. The van der Waals surface area contributed by atoms with E-state index in [1.165, 1.54) is 12.3 Å². The van der Waals surface area contributed by atoms with E-state index in [1.54, 1.807) is 6.20 Å². The molecule has 0 bridgehead atoms. The van der Waals surface area contributed by atoms with Crippen LogP contribution in [0.3, 0.4) is 0 Å². The molecular weight excluding hydrogens is 374 g/mol. The minimum absolute atomic E-state index is 0.276. The van der Waals surface area contributed by atoms with Crippen molar-refractivity contribution in [3.63, 3.8) is 0 Å². The van der Waals surface area contributed by atoms with Crippen LogP contribution in [0.1, 0.15) is 10.4 Å². The highest BCUT2D eigenvalue weighted by molar-refractivity contribution is 14.1. The van der Waals surface area contributed by atoms with Crippen LogP contribution in [0.25, 0.3) is 5.65 Å². The first-order valence-corrected chi connectivity index (χ1v) is 6.77. The van der Waals surface area contributed by atoms with Gasteiger partial charge in [0.1, 0.15) is 5.65 Å². The Labute approximate surface area is 127 Å². The summed E-state index contributed by atoms with van der Waals surface area (Å²) in [5.41, 5.74) is 1.01. The average Bonchev–Trinajstić information content (AvgIpc) is 2.80. The number of hydrogen-bond acceptors (Lipinski definition) is 3. The van der Waals surface area contributed by atoms with E-state index in [0.717, 1.165) is 15.3 Å². The van der Waals surface area contributed by atoms with Crippen molar-refractivity contribution in [2.75, 3.05) is 5.32 Å². The van der Waals surface area contributed by atoms with Crippen LogP contribution in [0.5, 0.6) is 0 Å². The van der Waals surface area contributed by atoms with Crippen LogP contribution in [0, 0.1) is 9.52 Å². The molecule has 1 amide bonds. The van der Waals surface area contributed by atoms with Crippen molar-refractivity contribution < 1.29 is 9.18 Å². The zero-order valence-corrected chi connectivity index (χ0v) is 12.2. The fourth-order valence-corrected chi connectivity index (χ4v) is 2.20. The van der Waals surface area contributed by atoms with Crippen molar-refractivity contribution >= 4 is 40.0 Å². The molecule has 3 aromatic rings. The summed E-state index contributed by atoms with van der Waals surface area (Å²) < 4.78 is 15.6. The predicted molar refractivity (Wildman–Crippen MR) is 80.1 cm³/mol. The van der Waals surface area contributed by atoms with E-state index in [9.17, 15) is 9.18 Å². The summed E-state index contributed by atoms with van der Waals surface area (Å²) in [5, 5.41) is 2.65. The van der Waals surface area contributed by atoms with E-state index >= 15 is 0 Å². The Balaban J connectivity index is 1.85. The standard InChI is InChI=1S/C13H8FIN4O/c14-10-3-1-8(5-16-10)13(20)18-11-7-19-6-9(15)2-4-12(19)17-11/h1-7H,(H,18,20). The van der Waals surface area contributed by atoms with Crippen molar-refractivity contribution in [2.24, 2.45) is 0 Å². The maximum absolute atomic E-state index is 12.7. The summed E-state index contributed by atoms with van der Waals surface area (Å²) in [7, 11) is 0. The molecule has 0 atom stereocenters. The molecule has 0 radical (unpaired) electrons. The maximum atomic E-state index is 12.7. The molecule has 0 fully saturated rings. The second-order valence-electron chi connectivity index (χ2n) is 4.06. The normalized spacial score (nSPS) is 10.7. The SMILES string of the molecule is O=C(Nc1cn2cc(I)ccc2n1)c1ccc(F)nc1. The first kappa shape index (κ1) is 13.0. The van der Waals surface area contributed by atoms with Crippen molar-refractivity contribution in [3.05, 3.63) is 57.9 Å². The Bertz CT molecular complexity index is 785. The quantitative estimate of drug-likeness (QED) is 0.548. The molecule has 0 saturated carbocycles. The molecule has 3 rings (SSSR count). The van der Waals surface area contributed by atoms with Crippen LogP contribution in [-0.2, 0) is 0 Å². The monoisotopic (exact) mass is 382 g/mol. The van der Waals surface area contributed by atoms with Crippen LogP contribution in [-0.4, -0.2) is 20.3 Å². The molecule has 1 N–H and O–H groups in total. The summed E-state index contributed by atoms with van der Waals surface area (Å²) >= 11 is 2.20. The fraction of sp³-hybridized carbons (Fsp3) is 0. The lowest BCUT2D eigenvalue weighted by atomic mass is 10.3. The Hall–Kier alpha value is -2.03. The summed E-state index contributed by atoms with van der Waals surface area (Å²) in [4.78, 5) is 19.7. The maximum Gasteiger partial charge on any atom is 0.258 e. The summed E-state index contributed by atoms with van der Waals surface area (Å²) in [6, 6.07) is 6.30. The van der Waals surface area contributed by atoms with Gasteiger partial charge in [0.25, 0.3) is 5.91 Å². The lowest BCUT2D eigenvalue weighted by Gasteiger charge is -2.00. The number of nitrogens with one attached hydrogen (secondary N) is 1. The second-order valence-corrected chi connectivity index (χ2v) is 5.31. The number of carbonyl (C=O) groups is 1. The first-order valence-electron chi connectivity index (χ1n) is 5.69. The molecule has 0 aromatic carbocycles. The molecule has 5 nitrogen and oxygen atoms in total. The number of pyridine rings is 2. The number of amides is 1. The van der Waals surface area contributed by atoms with Crippen molar-refractivity contribution in [2.45, 2.75) is 0 Å². The average molecular weight is 382 g/mol. The topological polar surface area (TPSA) is 59.3 Å². The Kier molecular flexibility index (Phi) is 3.35. The molecule has 0 aliphatic rings.